The summed E-state index contributed by atoms with van der Waals surface area (Å²) in [5.74, 6) is 1.99. The second kappa shape index (κ2) is 8.33. The van der Waals surface area contributed by atoms with E-state index in [1.807, 2.05) is 16.7 Å². The van der Waals surface area contributed by atoms with Crippen molar-refractivity contribution in [2.24, 2.45) is 0 Å². The number of aromatic nitrogens is 4. The Kier molecular flexibility index (Phi) is 5.80. The molecule has 4 rings (SSSR count). The number of benzene rings is 1. The maximum absolute atomic E-state index is 11.8. The van der Waals surface area contributed by atoms with E-state index >= 15 is 0 Å². The van der Waals surface area contributed by atoms with E-state index < -0.39 is 9.84 Å². The van der Waals surface area contributed by atoms with E-state index in [0.29, 0.717) is 40.6 Å². The Labute approximate surface area is 178 Å². The standard InChI is InChI=1S/C19H19ClN4O3S2/c1-2-8-24-17(14-7-9-29(25,26)12-14)22-23-19(24)28-11-16-10-27-18(21-16)13-3-5-15(20)6-4-13/h2-6,10,14H,1,7-9,11-12H2/t14-/m1/s1. The predicted octanol–water partition coefficient (Wildman–Crippen LogP) is 3.97. The Bertz CT molecular complexity index is 1120. The third-order valence-corrected chi connectivity index (χ3v) is 7.67. The molecule has 1 atom stereocenters. The molecule has 0 amide bonds. The molecule has 10 heteroatoms. The summed E-state index contributed by atoms with van der Waals surface area (Å²) < 4.78 is 31.2. The molecule has 0 N–H and O–H groups in total. The summed E-state index contributed by atoms with van der Waals surface area (Å²) in [4.78, 5) is 4.52. The van der Waals surface area contributed by atoms with Gasteiger partial charge < -0.3 is 8.98 Å². The Balaban J connectivity index is 1.49. The van der Waals surface area contributed by atoms with Gasteiger partial charge in [0.15, 0.2) is 15.0 Å². The number of oxazole rings is 1. The number of hydrogen-bond donors (Lipinski definition) is 0. The molecular formula is C19H19ClN4O3S2. The molecule has 29 heavy (non-hydrogen) atoms. The Morgan fingerprint density at radius 2 is 2.10 bits per heavy atom. The van der Waals surface area contributed by atoms with Gasteiger partial charge in [-0.15, -0.1) is 16.8 Å². The van der Waals surface area contributed by atoms with Gasteiger partial charge in [-0.2, -0.15) is 0 Å². The lowest BCUT2D eigenvalue weighted by atomic mass is 10.1. The zero-order chi connectivity index (χ0) is 20.4. The summed E-state index contributed by atoms with van der Waals surface area (Å²) in [6.45, 7) is 4.32. The SMILES string of the molecule is C=CCn1c(SCc2coc(-c3ccc(Cl)cc3)n2)nnc1[C@@H]1CCS(=O)(=O)C1. The first-order valence-electron chi connectivity index (χ1n) is 9.03. The van der Waals surface area contributed by atoms with Gasteiger partial charge in [0.2, 0.25) is 5.89 Å². The van der Waals surface area contributed by atoms with Crippen molar-refractivity contribution in [2.45, 2.75) is 29.8 Å². The molecule has 1 saturated heterocycles. The van der Waals surface area contributed by atoms with Crippen molar-refractivity contribution >= 4 is 33.2 Å². The lowest BCUT2D eigenvalue weighted by Crippen LogP contribution is -2.11. The fraction of sp³-hybridized carbons (Fsp3) is 0.316. The van der Waals surface area contributed by atoms with Gasteiger partial charge in [0, 0.05) is 28.8 Å². The molecule has 152 valence electrons. The van der Waals surface area contributed by atoms with Gasteiger partial charge in [0.05, 0.1) is 17.2 Å². The van der Waals surface area contributed by atoms with E-state index in [-0.39, 0.29) is 17.4 Å². The molecule has 3 aromatic rings. The summed E-state index contributed by atoms with van der Waals surface area (Å²) >= 11 is 7.40. The van der Waals surface area contributed by atoms with Crippen LogP contribution in [0, 0.1) is 0 Å². The first kappa shape index (κ1) is 20.2. The summed E-state index contributed by atoms with van der Waals surface area (Å²) in [6, 6.07) is 7.29. The predicted molar refractivity (Wildman–Crippen MR) is 113 cm³/mol. The minimum Gasteiger partial charge on any atom is -0.444 e. The molecule has 0 saturated carbocycles. The second-order valence-corrected chi connectivity index (χ2v) is 10.4. The van der Waals surface area contributed by atoms with Crippen molar-refractivity contribution in [2.75, 3.05) is 11.5 Å². The van der Waals surface area contributed by atoms with E-state index in [9.17, 15) is 8.42 Å². The molecule has 0 aliphatic carbocycles. The second-order valence-electron chi connectivity index (χ2n) is 6.78. The molecule has 1 aliphatic rings. The van der Waals surface area contributed by atoms with Crippen molar-refractivity contribution in [3.05, 3.63) is 59.7 Å². The number of allylic oxidation sites excluding steroid dienone is 1. The van der Waals surface area contributed by atoms with Crippen LogP contribution in [0.15, 0.2) is 52.8 Å². The van der Waals surface area contributed by atoms with Crippen LogP contribution in [-0.4, -0.2) is 39.7 Å². The fourth-order valence-electron chi connectivity index (χ4n) is 3.24. The molecular weight excluding hydrogens is 432 g/mol. The molecule has 2 aromatic heterocycles. The van der Waals surface area contributed by atoms with Crippen molar-refractivity contribution in [1.29, 1.82) is 0 Å². The lowest BCUT2D eigenvalue weighted by Gasteiger charge is -2.10. The van der Waals surface area contributed by atoms with E-state index in [2.05, 4.69) is 21.8 Å². The summed E-state index contributed by atoms with van der Waals surface area (Å²) in [5.41, 5.74) is 1.63. The molecule has 0 unspecified atom stereocenters. The third-order valence-electron chi connectivity index (χ3n) is 4.65. The van der Waals surface area contributed by atoms with Crippen LogP contribution >= 0.6 is 23.4 Å². The highest BCUT2D eigenvalue weighted by Crippen LogP contribution is 2.31. The first-order chi connectivity index (χ1) is 13.9. The molecule has 1 fully saturated rings. The lowest BCUT2D eigenvalue weighted by molar-refractivity contribution is 0.573. The van der Waals surface area contributed by atoms with Gasteiger partial charge >= 0.3 is 0 Å². The van der Waals surface area contributed by atoms with Gasteiger partial charge in [0.25, 0.3) is 0 Å². The van der Waals surface area contributed by atoms with E-state index in [4.69, 9.17) is 16.0 Å². The third kappa shape index (κ3) is 4.57. The van der Waals surface area contributed by atoms with Crippen LogP contribution in [0.4, 0.5) is 0 Å². The minimum atomic E-state index is -2.99. The van der Waals surface area contributed by atoms with Crippen LogP contribution in [0.2, 0.25) is 5.02 Å². The van der Waals surface area contributed by atoms with Crippen LogP contribution in [0.25, 0.3) is 11.5 Å². The first-order valence-corrected chi connectivity index (χ1v) is 12.2. The highest BCUT2D eigenvalue weighted by molar-refractivity contribution is 7.98. The van der Waals surface area contributed by atoms with Crippen LogP contribution in [0.1, 0.15) is 23.9 Å². The van der Waals surface area contributed by atoms with Crippen molar-refractivity contribution < 1.29 is 12.8 Å². The number of nitrogens with zero attached hydrogens (tertiary/aromatic N) is 4. The smallest absolute Gasteiger partial charge is 0.226 e. The van der Waals surface area contributed by atoms with Gasteiger partial charge in [-0.1, -0.05) is 29.4 Å². The Morgan fingerprint density at radius 1 is 1.31 bits per heavy atom. The quantitative estimate of drug-likeness (QED) is 0.397. The zero-order valence-electron chi connectivity index (χ0n) is 15.5. The van der Waals surface area contributed by atoms with Crippen molar-refractivity contribution in [3.63, 3.8) is 0 Å². The number of thioether (sulfide) groups is 1. The largest absolute Gasteiger partial charge is 0.444 e. The van der Waals surface area contributed by atoms with E-state index in [0.717, 1.165) is 11.3 Å². The molecule has 1 aliphatic heterocycles. The highest BCUT2D eigenvalue weighted by Gasteiger charge is 2.33. The molecule has 0 radical (unpaired) electrons. The van der Waals surface area contributed by atoms with Gasteiger partial charge in [-0.3, -0.25) is 0 Å². The number of rotatable bonds is 7. The number of hydrogen-bond acceptors (Lipinski definition) is 7. The average Bonchev–Trinajstić information content (AvgIpc) is 3.40. The average molecular weight is 451 g/mol. The maximum atomic E-state index is 11.8. The molecule has 3 heterocycles. The minimum absolute atomic E-state index is 0.120. The van der Waals surface area contributed by atoms with Crippen LogP contribution in [0.5, 0.6) is 0 Å². The summed E-state index contributed by atoms with van der Waals surface area (Å²) in [7, 11) is -2.99. The van der Waals surface area contributed by atoms with Crippen molar-refractivity contribution in [1.82, 2.24) is 19.7 Å². The van der Waals surface area contributed by atoms with Gasteiger partial charge in [0.1, 0.15) is 12.1 Å². The molecule has 0 spiro atoms. The molecule has 0 bridgehead atoms. The van der Waals surface area contributed by atoms with Crippen LogP contribution in [-0.2, 0) is 22.1 Å². The maximum Gasteiger partial charge on any atom is 0.226 e. The number of halogens is 1. The normalized spacial score (nSPS) is 18.2. The molecule has 1 aromatic carbocycles. The summed E-state index contributed by atoms with van der Waals surface area (Å²) in [6.07, 6.45) is 3.96. The van der Waals surface area contributed by atoms with E-state index in [1.165, 1.54) is 11.8 Å². The summed E-state index contributed by atoms with van der Waals surface area (Å²) in [5, 5.41) is 9.92. The zero-order valence-corrected chi connectivity index (χ0v) is 17.9. The van der Waals surface area contributed by atoms with Crippen molar-refractivity contribution in [3.8, 4) is 11.5 Å². The fourth-order valence-corrected chi connectivity index (χ4v) is 5.94. The monoisotopic (exact) mass is 450 g/mol. The highest BCUT2D eigenvalue weighted by atomic mass is 35.5. The van der Waals surface area contributed by atoms with Crippen LogP contribution < -0.4 is 0 Å². The van der Waals surface area contributed by atoms with Gasteiger partial charge in [-0.25, -0.2) is 13.4 Å². The number of sulfone groups is 1. The Morgan fingerprint density at radius 3 is 2.79 bits per heavy atom. The van der Waals surface area contributed by atoms with Gasteiger partial charge in [-0.05, 0) is 30.7 Å². The van der Waals surface area contributed by atoms with Crippen LogP contribution in [0.3, 0.4) is 0 Å². The van der Waals surface area contributed by atoms with E-state index in [1.54, 1.807) is 24.5 Å². The Hall–Kier alpha value is -2.10. The topological polar surface area (TPSA) is 90.9 Å². The molecule has 7 nitrogen and oxygen atoms in total.